The highest BCUT2D eigenvalue weighted by atomic mass is 31.2. The van der Waals surface area contributed by atoms with Crippen molar-refractivity contribution >= 4 is 7.60 Å². The maximum absolute atomic E-state index is 9.33. The van der Waals surface area contributed by atoms with Gasteiger partial charge in [-0.1, -0.05) is 90.9 Å². The Labute approximate surface area is 120 Å². The maximum Gasteiger partial charge on any atom is 0.322 e. The molecule has 0 fully saturated rings. The molecule has 3 nitrogen and oxygen atoms in total. The molecule has 0 spiro atoms. The lowest BCUT2D eigenvalue weighted by Crippen LogP contribution is -1.81. The van der Waals surface area contributed by atoms with E-state index in [-0.39, 0.29) is 0 Å². The fourth-order valence-electron chi connectivity index (χ4n) is 1.91. The molecule has 0 aliphatic carbocycles. The van der Waals surface area contributed by atoms with E-state index in [4.69, 9.17) is 9.79 Å². The van der Waals surface area contributed by atoms with Crippen LogP contribution in [0, 0.1) is 0 Å². The fourth-order valence-corrected chi connectivity index (χ4v) is 1.91. The number of unbranched alkanes of at least 4 members (excludes halogenated alkanes) is 11. The molecule has 0 saturated carbocycles. The van der Waals surface area contributed by atoms with Crippen molar-refractivity contribution in [1.29, 1.82) is 0 Å². The Balaban J connectivity index is 0. The van der Waals surface area contributed by atoms with E-state index in [1.54, 1.807) is 0 Å². The normalized spacial score (nSPS) is 11.0. The maximum atomic E-state index is 9.33. The molecule has 0 aliphatic heterocycles. The standard InChI is InChI=1S/C14H30.CH5O3P/c1-3-5-7-9-11-13-14-12-10-8-6-4-2;1-5(2,3)4/h3-14H2,1-2H3;1H3,(H2,2,3,4). The SMILES string of the molecule is CCCCCCCCCCCCCC.CP(=O)(O)O. The predicted molar refractivity (Wildman–Crippen MR) is 84.7 cm³/mol. The first-order valence-corrected chi connectivity index (χ1v) is 10.0. The highest BCUT2D eigenvalue weighted by molar-refractivity contribution is 7.50. The smallest absolute Gasteiger partial charge is 0.322 e. The van der Waals surface area contributed by atoms with Gasteiger partial charge >= 0.3 is 7.60 Å². The molecule has 0 amide bonds. The van der Waals surface area contributed by atoms with Crippen LogP contribution in [0.5, 0.6) is 0 Å². The molecule has 0 aromatic heterocycles. The zero-order valence-electron chi connectivity index (χ0n) is 13.2. The van der Waals surface area contributed by atoms with Crippen molar-refractivity contribution in [1.82, 2.24) is 0 Å². The third-order valence-electron chi connectivity index (χ3n) is 2.96. The Morgan fingerprint density at radius 1 is 0.632 bits per heavy atom. The molecule has 0 aromatic carbocycles. The topological polar surface area (TPSA) is 57.5 Å². The monoisotopic (exact) mass is 294 g/mol. The Kier molecular flexibility index (Phi) is 18.3. The number of hydrogen-bond donors (Lipinski definition) is 2. The summed E-state index contributed by atoms with van der Waals surface area (Å²) >= 11 is 0. The van der Waals surface area contributed by atoms with Crippen LogP contribution in [0.15, 0.2) is 0 Å². The lowest BCUT2D eigenvalue weighted by molar-refractivity contribution is 0.381. The summed E-state index contributed by atoms with van der Waals surface area (Å²) in [6.45, 7) is 5.43. The van der Waals surface area contributed by atoms with Gasteiger partial charge in [0.15, 0.2) is 0 Å². The van der Waals surface area contributed by atoms with Gasteiger partial charge in [0.2, 0.25) is 0 Å². The Morgan fingerprint density at radius 3 is 0.947 bits per heavy atom. The van der Waals surface area contributed by atoms with Crippen molar-refractivity contribution in [3.05, 3.63) is 0 Å². The third kappa shape index (κ3) is 38.1. The second kappa shape index (κ2) is 16.2. The zero-order chi connectivity index (χ0) is 15.0. The molecular weight excluding hydrogens is 259 g/mol. The van der Waals surface area contributed by atoms with Crippen LogP contribution in [-0.2, 0) is 4.57 Å². The minimum absolute atomic E-state index is 0.854. The van der Waals surface area contributed by atoms with Gasteiger partial charge in [-0.05, 0) is 0 Å². The molecule has 0 aromatic rings. The summed E-state index contributed by atoms with van der Waals surface area (Å²) in [6.07, 6.45) is 17.4. The van der Waals surface area contributed by atoms with Crippen molar-refractivity contribution in [2.24, 2.45) is 0 Å². The third-order valence-corrected chi connectivity index (χ3v) is 2.96. The van der Waals surface area contributed by atoms with Crippen molar-refractivity contribution in [2.45, 2.75) is 90.9 Å². The Bertz CT molecular complexity index is 181. The first-order valence-electron chi connectivity index (χ1n) is 7.94. The zero-order valence-corrected chi connectivity index (χ0v) is 14.1. The molecule has 118 valence electrons. The van der Waals surface area contributed by atoms with Crippen LogP contribution in [0.4, 0.5) is 0 Å². The lowest BCUT2D eigenvalue weighted by Gasteiger charge is -2.01. The van der Waals surface area contributed by atoms with E-state index in [0.29, 0.717) is 0 Å². The van der Waals surface area contributed by atoms with Gasteiger partial charge in [-0.25, -0.2) is 0 Å². The predicted octanol–water partition coefficient (Wildman–Crippen LogP) is 5.50. The molecule has 2 N–H and O–H groups in total. The summed E-state index contributed by atoms with van der Waals surface area (Å²) in [5.74, 6) is 0. The number of rotatable bonds is 11. The van der Waals surface area contributed by atoms with Gasteiger partial charge in [0, 0.05) is 6.66 Å². The van der Waals surface area contributed by atoms with Crippen LogP contribution in [0.1, 0.15) is 90.9 Å². The fraction of sp³-hybridized carbons (Fsp3) is 1.00. The van der Waals surface area contributed by atoms with Gasteiger partial charge in [-0.3, -0.25) is 4.57 Å². The quantitative estimate of drug-likeness (QED) is 0.390. The first kappa shape index (κ1) is 21.4. The van der Waals surface area contributed by atoms with Crippen LogP contribution in [0.2, 0.25) is 0 Å². The van der Waals surface area contributed by atoms with E-state index < -0.39 is 7.60 Å². The molecule has 0 aliphatic rings. The minimum atomic E-state index is -3.64. The average Bonchev–Trinajstić information content (AvgIpc) is 2.29. The van der Waals surface area contributed by atoms with Crippen LogP contribution in [-0.4, -0.2) is 16.5 Å². The van der Waals surface area contributed by atoms with Crippen molar-refractivity contribution < 1.29 is 14.4 Å². The molecule has 0 atom stereocenters. The van der Waals surface area contributed by atoms with E-state index in [2.05, 4.69) is 13.8 Å². The summed E-state index contributed by atoms with van der Waals surface area (Å²) in [6, 6.07) is 0. The van der Waals surface area contributed by atoms with Gasteiger partial charge < -0.3 is 9.79 Å². The largest absolute Gasteiger partial charge is 0.325 e. The van der Waals surface area contributed by atoms with Crippen LogP contribution in [0.25, 0.3) is 0 Å². The molecule has 0 bridgehead atoms. The lowest BCUT2D eigenvalue weighted by atomic mass is 10.1. The summed E-state index contributed by atoms with van der Waals surface area (Å²) in [4.78, 5) is 15.3. The van der Waals surface area contributed by atoms with Crippen molar-refractivity contribution in [2.75, 3.05) is 6.66 Å². The average molecular weight is 294 g/mol. The van der Waals surface area contributed by atoms with E-state index in [0.717, 1.165) is 6.66 Å². The van der Waals surface area contributed by atoms with Gasteiger partial charge in [-0.15, -0.1) is 0 Å². The molecule has 0 rings (SSSR count). The van der Waals surface area contributed by atoms with E-state index in [1.807, 2.05) is 0 Å². The van der Waals surface area contributed by atoms with E-state index >= 15 is 0 Å². The molecule has 19 heavy (non-hydrogen) atoms. The summed E-state index contributed by atoms with van der Waals surface area (Å²) in [5, 5.41) is 0. The summed E-state index contributed by atoms with van der Waals surface area (Å²) < 4.78 is 9.33. The second-order valence-electron chi connectivity index (χ2n) is 5.37. The molecule has 0 heterocycles. The summed E-state index contributed by atoms with van der Waals surface area (Å²) in [5.41, 5.74) is 0. The Morgan fingerprint density at radius 2 is 0.789 bits per heavy atom. The molecule has 4 heteroatoms. The van der Waals surface area contributed by atoms with Gasteiger partial charge in [0.05, 0.1) is 0 Å². The summed E-state index contributed by atoms with van der Waals surface area (Å²) in [7, 11) is -3.64. The van der Waals surface area contributed by atoms with Crippen molar-refractivity contribution in [3.63, 3.8) is 0 Å². The van der Waals surface area contributed by atoms with Crippen LogP contribution in [0.3, 0.4) is 0 Å². The second-order valence-corrected chi connectivity index (χ2v) is 7.04. The molecule has 0 unspecified atom stereocenters. The molecule has 0 radical (unpaired) electrons. The van der Waals surface area contributed by atoms with Crippen molar-refractivity contribution in [3.8, 4) is 0 Å². The Hall–Kier alpha value is 0.150. The first-order chi connectivity index (χ1) is 8.91. The van der Waals surface area contributed by atoms with Gasteiger partial charge in [-0.2, -0.15) is 0 Å². The minimum Gasteiger partial charge on any atom is -0.325 e. The molecule has 0 saturated heterocycles. The van der Waals surface area contributed by atoms with Gasteiger partial charge in [0.25, 0.3) is 0 Å². The number of hydrogen-bond acceptors (Lipinski definition) is 1. The van der Waals surface area contributed by atoms with Crippen LogP contribution >= 0.6 is 7.60 Å². The highest BCUT2D eigenvalue weighted by Crippen LogP contribution is 2.26. The van der Waals surface area contributed by atoms with E-state index in [1.165, 1.54) is 77.0 Å². The van der Waals surface area contributed by atoms with Gasteiger partial charge in [0.1, 0.15) is 0 Å². The van der Waals surface area contributed by atoms with E-state index in [9.17, 15) is 4.57 Å². The van der Waals surface area contributed by atoms with Crippen LogP contribution < -0.4 is 0 Å². The highest BCUT2D eigenvalue weighted by Gasteiger charge is 1.95. The molecular formula is C15H35O3P.